The highest BCUT2D eigenvalue weighted by molar-refractivity contribution is 5.94. The average molecular weight is 321 g/mol. The van der Waals surface area contributed by atoms with Gasteiger partial charge in [-0.2, -0.15) is 0 Å². The Labute approximate surface area is 135 Å². The second-order valence-electron chi connectivity index (χ2n) is 6.35. The number of hydrogen-bond acceptors (Lipinski definition) is 5. The number of carbonyl (C=O) groups excluding carboxylic acids is 2. The summed E-state index contributed by atoms with van der Waals surface area (Å²) in [6, 6.07) is 1.65. The second kappa shape index (κ2) is 7.12. The Morgan fingerprint density at radius 1 is 1.35 bits per heavy atom. The third-order valence-corrected chi connectivity index (χ3v) is 4.44. The molecule has 0 spiro atoms. The molecule has 2 heterocycles. The summed E-state index contributed by atoms with van der Waals surface area (Å²) >= 11 is 0. The van der Waals surface area contributed by atoms with Gasteiger partial charge in [0.2, 0.25) is 11.8 Å². The highest BCUT2D eigenvalue weighted by Gasteiger charge is 2.32. The van der Waals surface area contributed by atoms with Crippen molar-refractivity contribution in [1.82, 2.24) is 10.1 Å². The van der Waals surface area contributed by atoms with E-state index in [0.29, 0.717) is 18.1 Å². The molecule has 7 heteroatoms. The van der Waals surface area contributed by atoms with Gasteiger partial charge in [0.05, 0.1) is 6.10 Å². The normalized spacial score (nSPS) is 21.0. The first-order valence-corrected chi connectivity index (χ1v) is 8.25. The maximum atomic E-state index is 12.6. The lowest BCUT2D eigenvalue weighted by Crippen LogP contribution is -2.46. The van der Waals surface area contributed by atoms with E-state index in [1.165, 1.54) is 0 Å². The number of nitrogens with zero attached hydrogens (tertiary/aromatic N) is 2. The summed E-state index contributed by atoms with van der Waals surface area (Å²) in [4.78, 5) is 26.4. The van der Waals surface area contributed by atoms with E-state index in [-0.39, 0.29) is 30.4 Å². The van der Waals surface area contributed by atoms with Crippen LogP contribution in [0.15, 0.2) is 10.6 Å². The molecule has 0 bridgehead atoms. The van der Waals surface area contributed by atoms with Gasteiger partial charge in [-0.25, -0.2) is 0 Å². The number of hydrogen-bond donors (Lipinski definition) is 1. The van der Waals surface area contributed by atoms with Crippen LogP contribution < -0.4 is 5.32 Å². The number of rotatable bonds is 6. The molecular formula is C16H23N3O4. The van der Waals surface area contributed by atoms with E-state index in [1.807, 2.05) is 0 Å². The number of aromatic nitrogens is 1. The fourth-order valence-corrected chi connectivity index (χ4v) is 2.96. The number of nitrogens with one attached hydrogen (secondary N) is 1. The molecule has 1 aromatic heterocycles. The van der Waals surface area contributed by atoms with Gasteiger partial charge in [0.15, 0.2) is 5.82 Å². The summed E-state index contributed by atoms with van der Waals surface area (Å²) in [7, 11) is 0. The molecule has 1 aliphatic carbocycles. The number of aryl methyl sites for hydroxylation is 1. The summed E-state index contributed by atoms with van der Waals surface area (Å²) in [5.74, 6) is 0.878. The molecular weight excluding hydrogens is 298 g/mol. The zero-order valence-corrected chi connectivity index (χ0v) is 13.4. The van der Waals surface area contributed by atoms with Crippen LogP contribution >= 0.6 is 0 Å². The van der Waals surface area contributed by atoms with Crippen LogP contribution in [-0.4, -0.2) is 47.7 Å². The molecule has 23 heavy (non-hydrogen) atoms. The lowest BCUT2D eigenvalue weighted by molar-refractivity contribution is -0.142. The lowest BCUT2D eigenvalue weighted by Gasteiger charge is -2.32. The molecule has 2 aliphatic rings. The SMILES string of the molecule is Cc1cc(NC(=O)CN(C[C@H]2CCCO2)C(=O)C2CCC2)no1. The molecule has 1 atom stereocenters. The van der Waals surface area contributed by atoms with Crippen molar-refractivity contribution in [3.05, 3.63) is 11.8 Å². The summed E-state index contributed by atoms with van der Waals surface area (Å²) in [6.45, 7) is 3.01. The predicted molar refractivity (Wildman–Crippen MR) is 82.8 cm³/mol. The smallest absolute Gasteiger partial charge is 0.245 e. The average Bonchev–Trinajstić information content (AvgIpc) is 3.08. The van der Waals surface area contributed by atoms with E-state index in [1.54, 1.807) is 17.9 Å². The summed E-state index contributed by atoms with van der Waals surface area (Å²) < 4.78 is 10.5. The molecule has 0 unspecified atom stereocenters. The number of anilines is 1. The van der Waals surface area contributed by atoms with Crippen molar-refractivity contribution < 1.29 is 18.8 Å². The van der Waals surface area contributed by atoms with Crippen molar-refractivity contribution in [3.8, 4) is 0 Å². The third kappa shape index (κ3) is 4.10. The van der Waals surface area contributed by atoms with E-state index in [4.69, 9.17) is 9.26 Å². The molecule has 3 rings (SSSR count). The highest BCUT2D eigenvalue weighted by Crippen LogP contribution is 2.28. The van der Waals surface area contributed by atoms with Crippen molar-refractivity contribution in [2.24, 2.45) is 5.92 Å². The summed E-state index contributed by atoms with van der Waals surface area (Å²) in [5.41, 5.74) is 0. The first-order chi connectivity index (χ1) is 11.1. The van der Waals surface area contributed by atoms with Gasteiger partial charge >= 0.3 is 0 Å². The van der Waals surface area contributed by atoms with E-state index in [9.17, 15) is 9.59 Å². The minimum absolute atomic E-state index is 0.0289. The third-order valence-electron chi connectivity index (χ3n) is 4.44. The maximum Gasteiger partial charge on any atom is 0.245 e. The number of amides is 2. The number of ether oxygens (including phenoxy) is 1. The van der Waals surface area contributed by atoms with Crippen molar-refractivity contribution in [3.63, 3.8) is 0 Å². The molecule has 7 nitrogen and oxygen atoms in total. The molecule has 1 aromatic rings. The first-order valence-electron chi connectivity index (χ1n) is 8.25. The van der Waals surface area contributed by atoms with E-state index in [2.05, 4.69) is 10.5 Å². The maximum absolute atomic E-state index is 12.6. The van der Waals surface area contributed by atoms with Gasteiger partial charge in [-0.1, -0.05) is 11.6 Å². The summed E-state index contributed by atoms with van der Waals surface area (Å²) in [5, 5.41) is 6.41. The van der Waals surface area contributed by atoms with Crippen molar-refractivity contribution in [2.45, 2.75) is 45.1 Å². The van der Waals surface area contributed by atoms with Gasteiger partial charge in [-0.05, 0) is 32.6 Å². The Kier molecular flexibility index (Phi) is 4.95. The van der Waals surface area contributed by atoms with Crippen molar-refractivity contribution in [2.75, 3.05) is 25.0 Å². The highest BCUT2D eigenvalue weighted by atomic mass is 16.5. The second-order valence-corrected chi connectivity index (χ2v) is 6.35. The van der Waals surface area contributed by atoms with Crippen LogP contribution in [0.25, 0.3) is 0 Å². The van der Waals surface area contributed by atoms with E-state index >= 15 is 0 Å². The minimum Gasteiger partial charge on any atom is -0.376 e. The van der Waals surface area contributed by atoms with Gasteiger partial charge in [0, 0.05) is 25.1 Å². The van der Waals surface area contributed by atoms with Crippen LogP contribution in [0.1, 0.15) is 37.9 Å². The molecule has 1 N–H and O–H groups in total. The topological polar surface area (TPSA) is 84.7 Å². The monoisotopic (exact) mass is 321 g/mol. The molecule has 1 aliphatic heterocycles. The zero-order valence-electron chi connectivity index (χ0n) is 13.4. The molecule has 0 radical (unpaired) electrons. The molecule has 1 saturated carbocycles. The van der Waals surface area contributed by atoms with Gasteiger partial charge in [-0.3, -0.25) is 9.59 Å². The Balaban J connectivity index is 1.59. The number of carbonyl (C=O) groups is 2. The zero-order chi connectivity index (χ0) is 16.2. The van der Waals surface area contributed by atoms with Crippen molar-refractivity contribution >= 4 is 17.6 Å². The van der Waals surface area contributed by atoms with Crippen LogP contribution in [0.2, 0.25) is 0 Å². The van der Waals surface area contributed by atoms with Crippen LogP contribution in [0.4, 0.5) is 5.82 Å². The molecule has 0 aromatic carbocycles. The fourth-order valence-electron chi connectivity index (χ4n) is 2.96. The van der Waals surface area contributed by atoms with Gasteiger partial charge in [-0.15, -0.1) is 0 Å². The van der Waals surface area contributed by atoms with Crippen molar-refractivity contribution in [1.29, 1.82) is 0 Å². The molecule has 126 valence electrons. The molecule has 2 amide bonds. The largest absolute Gasteiger partial charge is 0.376 e. The standard InChI is InChI=1S/C16H23N3O4/c1-11-8-14(18-23-11)17-15(20)10-19(9-13-6-3-7-22-13)16(21)12-4-2-5-12/h8,12-13H,2-7,9-10H2,1H3,(H,17,18,20)/t13-/m1/s1. The Bertz CT molecular complexity index is 561. The lowest BCUT2D eigenvalue weighted by atomic mass is 9.84. The Morgan fingerprint density at radius 2 is 2.17 bits per heavy atom. The first kappa shape index (κ1) is 16.0. The van der Waals surface area contributed by atoms with Crippen LogP contribution in [0.5, 0.6) is 0 Å². The molecule has 2 fully saturated rings. The van der Waals surface area contributed by atoms with Crippen LogP contribution in [-0.2, 0) is 14.3 Å². The van der Waals surface area contributed by atoms with E-state index < -0.39 is 0 Å². The van der Waals surface area contributed by atoms with Gasteiger partial charge in [0.1, 0.15) is 12.3 Å². The van der Waals surface area contributed by atoms with Gasteiger partial charge < -0.3 is 19.5 Å². The predicted octanol–water partition coefficient (Wildman–Crippen LogP) is 1.73. The Hall–Kier alpha value is -1.89. The summed E-state index contributed by atoms with van der Waals surface area (Å²) in [6.07, 6.45) is 4.94. The fraction of sp³-hybridized carbons (Fsp3) is 0.688. The van der Waals surface area contributed by atoms with Crippen LogP contribution in [0.3, 0.4) is 0 Å². The molecule has 1 saturated heterocycles. The minimum atomic E-state index is -0.260. The quantitative estimate of drug-likeness (QED) is 0.862. The Morgan fingerprint density at radius 3 is 2.74 bits per heavy atom. The van der Waals surface area contributed by atoms with Crippen LogP contribution in [0, 0.1) is 12.8 Å². The van der Waals surface area contributed by atoms with E-state index in [0.717, 1.165) is 38.7 Å². The van der Waals surface area contributed by atoms with Gasteiger partial charge in [0.25, 0.3) is 0 Å².